The molecule has 0 atom stereocenters. The van der Waals surface area contributed by atoms with Crippen molar-refractivity contribution in [3.8, 4) is 0 Å². The van der Waals surface area contributed by atoms with Crippen molar-refractivity contribution in [2.24, 2.45) is 0 Å². The van der Waals surface area contributed by atoms with Crippen LogP contribution >= 0.6 is 0 Å². The molecule has 0 spiro atoms. The lowest BCUT2D eigenvalue weighted by Crippen LogP contribution is -2.34. The first-order valence-electron chi connectivity index (χ1n) is 7.55. The van der Waals surface area contributed by atoms with E-state index < -0.39 is 0 Å². The minimum absolute atomic E-state index is 0.565. The van der Waals surface area contributed by atoms with Crippen LogP contribution in [0.2, 0.25) is 0 Å². The molecule has 0 unspecified atom stereocenters. The lowest BCUT2D eigenvalue weighted by Gasteiger charge is -2.37. The van der Waals surface area contributed by atoms with Gasteiger partial charge >= 0.3 is 0 Å². The molecule has 0 saturated heterocycles. The first kappa shape index (κ1) is 12.5. The molecule has 3 heteroatoms. The van der Waals surface area contributed by atoms with Gasteiger partial charge in [-0.1, -0.05) is 30.3 Å². The number of aryl methyl sites for hydroxylation is 1. The molecular formula is C18H19N3. The summed E-state index contributed by atoms with van der Waals surface area (Å²) < 4.78 is 0. The Balaban J connectivity index is 1.47. The van der Waals surface area contributed by atoms with Crippen molar-refractivity contribution in [1.29, 1.82) is 0 Å². The molecule has 0 amide bonds. The van der Waals surface area contributed by atoms with Gasteiger partial charge in [-0.3, -0.25) is 5.10 Å². The number of aromatic nitrogens is 2. The Labute approximate surface area is 124 Å². The van der Waals surface area contributed by atoms with Gasteiger partial charge < -0.3 is 5.32 Å². The molecule has 3 nitrogen and oxygen atoms in total. The van der Waals surface area contributed by atoms with E-state index in [0.717, 1.165) is 5.52 Å². The van der Waals surface area contributed by atoms with Crippen LogP contribution in [0, 0.1) is 6.92 Å². The maximum Gasteiger partial charge on any atom is 0.0671 e. The van der Waals surface area contributed by atoms with Crippen LogP contribution in [0.4, 0.5) is 5.69 Å². The SMILES string of the molecule is Cc1ccccc1C1CC(Nc2cccc3[nH]ncc23)C1. The monoisotopic (exact) mass is 277 g/mol. The summed E-state index contributed by atoms with van der Waals surface area (Å²) in [7, 11) is 0. The number of rotatable bonds is 3. The second-order valence-electron chi connectivity index (χ2n) is 6.00. The van der Waals surface area contributed by atoms with E-state index in [2.05, 4.69) is 64.9 Å². The number of benzene rings is 2. The predicted octanol–water partition coefficient (Wildman–Crippen LogP) is 4.23. The standard InChI is InChI=1S/C18H19N3/c1-12-5-2-3-6-15(12)13-9-14(10-13)20-17-7-4-8-18-16(17)11-19-21-18/h2-8,11,13-14,20H,9-10H2,1H3,(H,19,21). The number of hydrogen-bond donors (Lipinski definition) is 2. The van der Waals surface area contributed by atoms with Gasteiger partial charge in [-0.05, 0) is 48.9 Å². The van der Waals surface area contributed by atoms with Gasteiger partial charge in [-0.15, -0.1) is 0 Å². The van der Waals surface area contributed by atoms with Gasteiger partial charge in [0.05, 0.1) is 11.7 Å². The van der Waals surface area contributed by atoms with Gasteiger partial charge in [0.25, 0.3) is 0 Å². The van der Waals surface area contributed by atoms with E-state index in [-0.39, 0.29) is 0 Å². The third-order valence-corrected chi connectivity index (χ3v) is 4.61. The summed E-state index contributed by atoms with van der Waals surface area (Å²) in [5, 5.41) is 12.0. The van der Waals surface area contributed by atoms with E-state index in [1.165, 1.54) is 35.0 Å². The fourth-order valence-electron chi connectivity index (χ4n) is 3.35. The molecule has 1 fully saturated rings. The Morgan fingerprint density at radius 3 is 2.81 bits per heavy atom. The summed E-state index contributed by atoms with van der Waals surface area (Å²) in [4.78, 5) is 0. The number of H-pyrrole nitrogens is 1. The quantitative estimate of drug-likeness (QED) is 0.752. The number of nitrogens with zero attached hydrogens (tertiary/aromatic N) is 1. The van der Waals surface area contributed by atoms with Crippen LogP contribution in [0.25, 0.3) is 10.9 Å². The Morgan fingerprint density at radius 2 is 1.95 bits per heavy atom. The fraction of sp³-hybridized carbons (Fsp3) is 0.278. The van der Waals surface area contributed by atoms with Crippen LogP contribution in [0.15, 0.2) is 48.7 Å². The Hall–Kier alpha value is -2.29. The van der Waals surface area contributed by atoms with Gasteiger partial charge in [0.2, 0.25) is 0 Å². The molecule has 1 aliphatic rings. The predicted molar refractivity (Wildman–Crippen MR) is 86.7 cm³/mol. The lowest BCUT2D eigenvalue weighted by molar-refractivity contribution is 0.373. The molecule has 0 radical (unpaired) electrons. The summed E-state index contributed by atoms with van der Waals surface area (Å²) in [6.45, 7) is 2.21. The van der Waals surface area contributed by atoms with Crippen molar-refractivity contribution in [3.05, 3.63) is 59.8 Å². The van der Waals surface area contributed by atoms with E-state index in [9.17, 15) is 0 Å². The summed E-state index contributed by atoms with van der Waals surface area (Å²) >= 11 is 0. The fourth-order valence-corrected chi connectivity index (χ4v) is 3.35. The molecule has 1 saturated carbocycles. The first-order chi connectivity index (χ1) is 10.3. The minimum atomic E-state index is 0.565. The number of nitrogens with one attached hydrogen (secondary N) is 2. The van der Waals surface area contributed by atoms with Crippen LogP contribution in [0.3, 0.4) is 0 Å². The lowest BCUT2D eigenvalue weighted by atomic mass is 9.74. The van der Waals surface area contributed by atoms with E-state index in [4.69, 9.17) is 0 Å². The largest absolute Gasteiger partial charge is 0.382 e. The van der Waals surface area contributed by atoms with Crippen LogP contribution < -0.4 is 5.32 Å². The van der Waals surface area contributed by atoms with Gasteiger partial charge in [-0.2, -0.15) is 5.10 Å². The number of fused-ring (bicyclic) bond motifs is 1. The zero-order valence-corrected chi connectivity index (χ0v) is 12.1. The van der Waals surface area contributed by atoms with Crippen molar-refractivity contribution >= 4 is 16.6 Å². The van der Waals surface area contributed by atoms with Crippen molar-refractivity contribution in [2.45, 2.75) is 31.7 Å². The summed E-state index contributed by atoms with van der Waals surface area (Å²) in [6, 6.07) is 15.6. The highest BCUT2D eigenvalue weighted by Crippen LogP contribution is 2.40. The Bertz CT molecular complexity index is 769. The number of anilines is 1. The van der Waals surface area contributed by atoms with Crippen molar-refractivity contribution in [1.82, 2.24) is 10.2 Å². The molecule has 3 aromatic rings. The molecule has 1 aliphatic carbocycles. The summed E-state index contributed by atoms with van der Waals surface area (Å²) in [6.07, 6.45) is 4.31. The summed E-state index contributed by atoms with van der Waals surface area (Å²) in [5.74, 6) is 0.701. The molecule has 21 heavy (non-hydrogen) atoms. The van der Waals surface area contributed by atoms with Crippen molar-refractivity contribution in [2.75, 3.05) is 5.32 Å². The third kappa shape index (κ3) is 2.19. The molecule has 0 bridgehead atoms. The molecule has 106 valence electrons. The number of hydrogen-bond acceptors (Lipinski definition) is 2. The Kier molecular flexibility index (Phi) is 2.92. The molecule has 1 aromatic heterocycles. The minimum Gasteiger partial charge on any atom is -0.382 e. The third-order valence-electron chi connectivity index (χ3n) is 4.61. The van der Waals surface area contributed by atoms with Crippen LogP contribution in [-0.4, -0.2) is 16.2 Å². The van der Waals surface area contributed by atoms with Gasteiger partial charge in [0.15, 0.2) is 0 Å². The zero-order chi connectivity index (χ0) is 14.2. The van der Waals surface area contributed by atoms with E-state index in [0.29, 0.717) is 12.0 Å². The van der Waals surface area contributed by atoms with Crippen LogP contribution in [0.5, 0.6) is 0 Å². The first-order valence-corrected chi connectivity index (χ1v) is 7.55. The second kappa shape index (κ2) is 4.92. The second-order valence-corrected chi connectivity index (χ2v) is 6.00. The summed E-state index contributed by atoms with van der Waals surface area (Å²) in [5.41, 5.74) is 5.21. The normalized spacial score (nSPS) is 21.2. The Morgan fingerprint density at radius 1 is 1.10 bits per heavy atom. The van der Waals surface area contributed by atoms with Crippen LogP contribution in [0.1, 0.15) is 29.9 Å². The highest BCUT2D eigenvalue weighted by molar-refractivity contribution is 5.91. The highest BCUT2D eigenvalue weighted by Gasteiger charge is 2.31. The molecule has 1 heterocycles. The van der Waals surface area contributed by atoms with Gasteiger partial charge in [0, 0.05) is 17.1 Å². The molecule has 2 aromatic carbocycles. The number of aromatic amines is 1. The highest BCUT2D eigenvalue weighted by atomic mass is 15.1. The van der Waals surface area contributed by atoms with Gasteiger partial charge in [-0.25, -0.2) is 0 Å². The molecule has 4 rings (SSSR count). The topological polar surface area (TPSA) is 40.7 Å². The molecule has 2 N–H and O–H groups in total. The molecular weight excluding hydrogens is 258 g/mol. The van der Waals surface area contributed by atoms with E-state index >= 15 is 0 Å². The average molecular weight is 277 g/mol. The van der Waals surface area contributed by atoms with E-state index in [1.807, 2.05) is 6.20 Å². The molecule has 0 aliphatic heterocycles. The van der Waals surface area contributed by atoms with Crippen molar-refractivity contribution in [3.63, 3.8) is 0 Å². The van der Waals surface area contributed by atoms with Crippen molar-refractivity contribution < 1.29 is 0 Å². The zero-order valence-electron chi connectivity index (χ0n) is 12.1. The smallest absolute Gasteiger partial charge is 0.0671 e. The van der Waals surface area contributed by atoms with Gasteiger partial charge in [0.1, 0.15) is 0 Å². The van der Waals surface area contributed by atoms with E-state index in [1.54, 1.807) is 0 Å². The maximum atomic E-state index is 4.12. The van der Waals surface area contributed by atoms with Crippen LogP contribution in [-0.2, 0) is 0 Å². The average Bonchev–Trinajstić information content (AvgIpc) is 2.93. The maximum absolute atomic E-state index is 4.12.